The van der Waals surface area contributed by atoms with Gasteiger partial charge in [-0.05, 0) is 64.8 Å². The van der Waals surface area contributed by atoms with Crippen LogP contribution in [0.1, 0.15) is 50.0 Å². The van der Waals surface area contributed by atoms with E-state index in [2.05, 4.69) is 87.3 Å². The molecule has 1 atom stereocenters. The van der Waals surface area contributed by atoms with Gasteiger partial charge >= 0.3 is 0 Å². The van der Waals surface area contributed by atoms with Gasteiger partial charge in [0.25, 0.3) is 0 Å². The summed E-state index contributed by atoms with van der Waals surface area (Å²) in [4.78, 5) is 19.8. The number of aromatic amines is 2. The molecule has 1 unspecified atom stereocenters. The van der Waals surface area contributed by atoms with Crippen LogP contribution in [0.3, 0.4) is 0 Å². The Morgan fingerprint density at radius 3 is 2.09 bits per heavy atom. The van der Waals surface area contributed by atoms with Crippen molar-refractivity contribution in [2.45, 2.75) is 32.5 Å². The summed E-state index contributed by atoms with van der Waals surface area (Å²) in [6.45, 7) is 8.75. The van der Waals surface area contributed by atoms with Gasteiger partial charge in [0.05, 0.1) is 16.2 Å². The third kappa shape index (κ3) is 5.65. The first kappa shape index (κ1) is 23.1. The van der Waals surface area contributed by atoms with E-state index < -0.39 is 8.07 Å². The van der Waals surface area contributed by atoms with Gasteiger partial charge in [0.1, 0.15) is 8.07 Å². The zero-order valence-electron chi connectivity index (χ0n) is 19.3. The minimum Gasteiger partial charge on any atom is -0.355 e. The van der Waals surface area contributed by atoms with Crippen molar-refractivity contribution in [2.24, 2.45) is 0 Å². The highest BCUT2D eigenvalue weighted by Gasteiger charge is 2.22. The predicted octanol–water partition coefficient (Wildman–Crippen LogP) is 7.05. The molecule has 0 radical (unpaired) electrons. The lowest BCUT2D eigenvalue weighted by Crippen LogP contribution is -2.16. The van der Waals surface area contributed by atoms with Crippen molar-refractivity contribution in [3.63, 3.8) is 0 Å². The van der Waals surface area contributed by atoms with E-state index in [9.17, 15) is 4.79 Å². The average molecular weight is 516 g/mol. The van der Waals surface area contributed by atoms with E-state index >= 15 is 0 Å². The SMILES string of the molecule is Cc1ccc(C(=O)c2ccc(C(c3ccc(C#C[Si](C)(C)C)cc3)c3ccc(Br)[nH]3)[nH]2)cc1. The summed E-state index contributed by atoms with van der Waals surface area (Å²) in [6.07, 6.45) is 0. The maximum Gasteiger partial charge on any atom is 0.209 e. The Labute approximate surface area is 204 Å². The van der Waals surface area contributed by atoms with Crippen LogP contribution in [0.5, 0.6) is 0 Å². The fourth-order valence-corrected chi connectivity index (χ4v) is 4.55. The largest absolute Gasteiger partial charge is 0.355 e. The molecule has 0 saturated carbocycles. The van der Waals surface area contributed by atoms with Crippen molar-refractivity contribution < 1.29 is 4.79 Å². The molecule has 33 heavy (non-hydrogen) atoms. The number of hydrogen-bond donors (Lipinski definition) is 2. The molecule has 0 amide bonds. The highest BCUT2D eigenvalue weighted by Crippen LogP contribution is 2.32. The standard InChI is InChI=1S/C28H27BrN2OSi/c1-19-5-9-22(10-6-19)28(32)25-14-13-23(30-25)27(24-15-16-26(29)31-24)21-11-7-20(8-12-21)17-18-33(2,3)4/h5-16,27,30-31H,1-4H3. The Balaban J connectivity index is 1.68. The second-order valence-electron chi connectivity index (χ2n) is 9.34. The lowest BCUT2D eigenvalue weighted by Gasteiger charge is -2.16. The molecule has 2 aromatic carbocycles. The third-order valence-corrected chi connectivity index (χ3v) is 6.73. The van der Waals surface area contributed by atoms with Gasteiger partial charge in [0.2, 0.25) is 5.78 Å². The fraction of sp³-hybridized carbons (Fsp3) is 0.179. The lowest BCUT2D eigenvalue weighted by atomic mass is 9.92. The summed E-state index contributed by atoms with van der Waals surface area (Å²) >= 11 is 3.53. The average Bonchev–Trinajstić information content (AvgIpc) is 3.43. The minimum absolute atomic E-state index is 0.00960. The van der Waals surface area contributed by atoms with Crippen molar-refractivity contribution in [3.8, 4) is 11.5 Å². The van der Waals surface area contributed by atoms with Gasteiger partial charge in [-0.1, -0.05) is 67.5 Å². The molecular weight excluding hydrogens is 488 g/mol. The van der Waals surface area contributed by atoms with Crippen LogP contribution in [-0.4, -0.2) is 23.8 Å². The molecule has 5 heteroatoms. The first-order valence-electron chi connectivity index (χ1n) is 11.0. The third-order valence-electron chi connectivity index (χ3n) is 5.39. The number of hydrogen-bond acceptors (Lipinski definition) is 1. The summed E-state index contributed by atoms with van der Waals surface area (Å²) in [5, 5.41) is 0. The topological polar surface area (TPSA) is 48.6 Å². The van der Waals surface area contributed by atoms with Gasteiger partial charge in [0, 0.05) is 22.5 Å². The summed E-state index contributed by atoms with van der Waals surface area (Å²) < 4.78 is 0.919. The van der Waals surface area contributed by atoms with Crippen LogP contribution in [-0.2, 0) is 0 Å². The molecule has 2 heterocycles. The Kier molecular flexibility index (Phi) is 6.60. The molecule has 4 rings (SSSR count). The van der Waals surface area contributed by atoms with E-state index in [1.165, 1.54) is 0 Å². The molecule has 0 fully saturated rings. The number of halogens is 1. The van der Waals surface area contributed by atoms with Crippen LogP contribution < -0.4 is 0 Å². The monoisotopic (exact) mass is 514 g/mol. The molecule has 4 aromatic rings. The normalized spacial score (nSPS) is 12.2. The first-order chi connectivity index (χ1) is 15.7. The van der Waals surface area contributed by atoms with Gasteiger partial charge < -0.3 is 9.97 Å². The van der Waals surface area contributed by atoms with E-state index in [-0.39, 0.29) is 11.7 Å². The Hall–Kier alpha value is -3.07. The van der Waals surface area contributed by atoms with Gasteiger partial charge in [0.15, 0.2) is 0 Å². The maximum atomic E-state index is 13.0. The second-order valence-corrected chi connectivity index (χ2v) is 14.9. The van der Waals surface area contributed by atoms with Gasteiger partial charge in [-0.15, -0.1) is 5.54 Å². The zero-order chi connectivity index (χ0) is 23.6. The van der Waals surface area contributed by atoms with Gasteiger partial charge in [-0.25, -0.2) is 0 Å². The van der Waals surface area contributed by atoms with Crippen molar-refractivity contribution in [2.75, 3.05) is 0 Å². The van der Waals surface area contributed by atoms with Crippen LogP contribution in [0.15, 0.2) is 77.4 Å². The zero-order valence-corrected chi connectivity index (χ0v) is 21.9. The Morgan fingerprint density at radius 1 is 0.848 bits per heavy atom. The molecule has 2 N–H and O–H groups in total. The number of H-pyrrole nitrogens is 2. The van der Waals surface area contributed by atoms with E-state index in [0.29, 0.717) is 11.3 Å². The Bertz CT molecular complexity index is 1330. The van der Waals surface area contributed by atoms with Crippen LogP contribution in [0.25, 0.3) is 0 Å². The number of nitrogens with one attached hydrogen (secondary N) is 2. The molecule has 0 spiro atoms. The molecule has 0 aliphatic heterocycles. The number of benzene rings is 2. The maximum absolute atomic E-state index is 13.0. The van der Waals surface area contributed by atoms with Crippen LogP contribution in [0, 0.1) is 18.4 Å². The second kappa shape index (κ2) is 9.42. The predicted molar refractivity (Wildman–Crippen MR) is 142 cm³/mol. The van der Waals surface area contributed by atoms with Crippen LogP contribution >= 0.6 is 15.9 Å². The van der Waals surface area contributed by atoms with E-state index in [4.69, 9.17) is 0 Å². The fourth-order valence-electron chi connectivity index (χ4n) is 3.67. The van der Waals surface area contributed by atoms with E-state index in [0.717, 1.165) is 32.7 Å². The number of carbonyl (C=O) groups is 1. The molecule has 3 nitrogen and oxygen atoms in total. The first-order valence-corrected chi connectivity index (χ1v) is 15.3. The number of ketones is 1. The lowest BCUT2D eigenvalue weighted by molar-refractivity contribution is 0.103. The van der Waals surface area contributed by atoms with Crippen molar-refractivity contribution in [1.82, 2.24) is 9.97 Å². The molecule has 2 aromatic heterocycles. The summed E-state index contributed by atoms with van der Waals surface area (Å²) in [6, 6.07) is 24.0. The molecule has 0 aliphatic carbocycles. The smallest absolute Gasteiger partial charge is 0.209 e. The Morgan fingerprint density at radius 2 is 1.48 bits per heavy atom. The van der Waals surface area contributed by atoms with E-state index in [1.54, 1.807) is 0 Å². The number of carbonyl (C=O) groups excluding carboxylic acids is 1. The van der Waals surface area contributed by atoms with Crippen LogP contribution in [0.4, 0.5) is 0 Å². The highest BCUT2D eigenvalue weighted by atomic mass is 79.9. The summed E-state index contributed by atoms with van der Waals surface area (Å²) in [5.74, 6) is 3.25. The quantitative estimate of drug-likeness (QED) is 0.167. The van der Waals surface area contributed by atoms with Crippen molar-refractivity contribution >= 4 is 29.8 Å². The summed E-state index contributed by atoms with van der Waals surface area (Å²) in [7, 11) is -1.43. The molecule has 0 bridgehead atoms. The number of aryl methyl sites for hydroxylation is 1. The van der Waals surface area contributed by atoms with Crippen molar-refractivity contribution in [1.29, 1.82) is 0 Å². The highest BCUT2D eigenvalue weighted by molar-refractivity contribution is 9.10. The molecule has 0 aliphatic rings. The van der Waals surface area contributed by atoms with Crippen molar-refractivity contribution in [3.05, 3.63) is 117 Å². The van der Waals surface area contributed by atoms with Gasteiger partial charge in [-0.2, -0.15) is 0 Å². The van der Waals surface area contributed by atoms with Crippen LogP contribution in [0.2, 0.25) is 19.6 Å². The molecule has 0 saturated heterocycles. The summed E-state index contributed by atoms with van der Waals surface area (Å²) in [5.41, 5.74) is 9.97. The van der Waals surface area contributed by atoms with E-state index in [1.807, 2.05) is 49.4 Å². The molecule has 166 valence electrons. The number of aromatic nitrogens is 2. The minimum atomic E-state index is -1.43. The van der Waals surface area contributed by atoms with Gasteiger partial charge in [-0.3, -0.25) is 4.79 Å². The molecular formula is C28H27BrN2OSi. The number of rotatable bonds is 5.